The van der Waals surface area contributed by atoms with E-state index >= 15 is 0 Å². The number of hydrogen-bond acceptors (Lipinski definition) is 4. The van der Waals surface area contributed by atoms with E-state index in [9.17, 15) is 5.26 Å². The highest BCUT2D eigenvalue weighted by atomic mass is 16.5. The predicted molar refractivity (Wildman–Crippen MR) is 96.4 cm³/mol. The van der Waals surface area contributed by atoms with Crippen LogP contribution in [0.3, 0.4) is 0 Å². The summed E-state index contributed by atoms with van der Waals surface area (Å²) in [5.41, 5.74) is 3.00. The van der Waals surface area contributed by atoms with Crippen LogP contribution in [-0.4, -0.2) is 12.1 Å². The third kappa shape index (κ3) is 2.66. The second-order valence-corrected chi connectivity index (χ2v) is 6.66. The Morgan fingerprint density at radius 3 is 2.64 bits per heavy atom. The lowest BCUT2D eigenvalue weighted by Crippen LogP contribution is -2.27. The number of ether oxygens (including phenoxy) is 1. The lowest BCUT2D eigenvalue weighted by molar-refractivity contribution is 0.342. The van der Waals surface area contributed by atoms with Gasteiger partial charge in [0.1, 0.15) is 11.3 Å². The van der Waals surface area contributed by atoms with Crippen LogP contribution in [0.2, 0.25) is 0 Å². The van der Waals surface area contributed by atoms with Crippen molar-refractivity contribution < 1.29 is 9.15 Å². The summed E-state index contributed by atoms with van der Waals surface area (Å²) in [6, 6.07) is 16.2. The van der Waals surface area contributed by atoms with Crippen molar-refractivity contribution in [2.24, 2.45) is 0 Å². The number of fused-ring (bicyclic) bond motifs is 1. The fraction of sp³-hybridized carbons (Fsp3) is 0.333. The minimum Gasteiger partial charge on any atom is -0.496 e. The summed E-state index contributed by atoms with van der Waals surface area (Å²) in [5.74, 6) is 1.31. The molecule has 1 heterocycles. The first-order chi connectivity index (χ1) is 12.3. The van der Waals surface area contributed by atoms with E-state index in [-0.39, 0.29) is 0 Å². The molecular weight excluding hydrogens is 312 g/mol. The van der Waals surface area contributed by atoms with Gasteiger partial charge in [-0.2, -0.15) is 5.26 Å². The van der Waals surface area contributed by atoms with Crippen molar-refractivity contribution in [2.75, 3.05) is 7.11 Å². The summed E-state index contributed by atoms with van der Waals surface area (Å²) < 4.78 is 11.5. The van der Waals surface area contributed by atoms with Crippen LogP contribution in [0.5, 0.6) is 5.75 Å². The highest BCUT2D eigenvalue weighted by molar-refractivity contribution is 5.76. The van der Waals surface area contributed by atoms with Gasteiger partial charge in [0.25, 0.3) is 0 Å². The molecule has 0 bridgehead atoms. The standard InChI is InChI=1S/C21H20N2O2/c1-24-19-13-15(20-23-17-7-3-4-8-18(17)25-20)9-10-16(19)21(14-22)11-5-2-6-12-21/h3-4,7-10,13H,2,5-6,11-12H2,1H3. The molecule has 0 atom stereocenters. The molecule has 0 N–H and O–H groups in total. The zero-order valence-corrected chi connectivity index (χ0v) is 14.3. The Kier molecular flexibility index (Phi) is 3.93. The molecule has 4 heteroatoms. The van der Waals surface area contributed by atoms with E-state index in [1.165, 1.54) is 6.42 Å². The normalized spacial score (nSPS) is 16.5. The molecule has 0 unspecified atom stereocenters. The highest BCUT2D eigenvalue weighted by Crippen LogP contribution is 2.44. The smallest absolute Gasteiger partial charge is 0.227 e. The van der Waals surface area contributed by atoms with Crippen LogP contribution < -0.4 is 4.74 Å². The minimum atomic E-state index is -0.441. The Balaban J connectivity index is 1.78. The minimum absolute atomic E-state index is 0.441. The second kappa shape index (κ2) is 6.25. The third-order valence-electron chi connectivity index (χ3n) is 5.18. The molecule has 1 aromatic heterocycles. The molecule has 0 saturated heterocycles. The molecule has 0 radical (unpaired) electrons. The van der Waals surface area contributed by atoms with Gasteiger partial charge in [-0.3, -0.25) is 0 Å². The maximum Gasteiger partial charge on any atom is 0.227 e. The fourth-order valence-electron chi connectivity index (χ4n) is 3.81. The lowest BCUT2D eigenvalue weighted by Gasteiger charge is -2.32. The van der Waals surface area contributed by atoms with Gasteiger partial charge in [0.05, 0.1) is 18.6 Å². The monoisotopic (exact) mass is 332 g/mol. The van der Waals surface area contributed by atoms with Crippen LogP contribution in [0, 0.1) is 11.3 Å². The molecule has 4 rings (SSSR count). The molecule has 0 aliphatic heterocycles. The van der Waals surface area contributed by atoms with Crippen LogP contribution in [0.4, 0.5) is 0 Å². The maximum atomic E-state index is 9.86. The predicted octanol–water partition coefficient (Wildman–Crippen LogP) is 5.23. The van der Waals surface area contributed by atoms with Crippen LogP contribution in [-0.2, 0) is 5.41 Å². The molecule has 2 aromatic carbocycles. The molecule has 126 valence electrons. The van der Waals surface area contributed by atoms with E-state index in [1.54, 1.807) is 7.11 Å². The molecule has 1 aliphatic rings. The molecular formula is C21H20N2O2. The van der Waals surface area contributed by atoms with E-state index < -0.39 is 5.41 Å². The zero-order valence-electron chi connectivity index (χ0n) is 14.3. The fourth-order valence-corrected chi connectivity index (χ4v) is 3.81. The Bertz CT molecular complexity index is 913. The number of benzene rings is 2. The van der Waals surface area contributed by atoms with Gasteiger partial charge in [-0.25, -0.2) is 4.98 Å². The van der Waals surface area contributed by atoms with Crippen molar-refractivity contribution in [1.82, 2.24) is 4.98 Å². The maximum absolute atomic E-state index is 9.86. The number of nitriles is 1. The van der Waals surface area contributed by atoms with Gasteiger partial charge in [-0.15, -0.1) is 0 Å². The average Bonchev–Trinajstić information content (AvgIpc) is 3.12. The van der Waals surface area contributed by atoms with Gasteiger partial charge in [0, 0.05) is 11.1 Å². The van der Waals surface area contributed by atoms with Crippen molar-refractivity contribution in [3.05, 3.63) is 48.0 Å². The Labute approximate surface area is 147 Å². The van der Waals surface area contributed by atoms with E-state index in [4.69, 9.17) is 9.15 Å². The number of rotatable bonds is 3. The Hall–Kier alpha value is -2.80. The first-order valence-electron chi connectivity index (χ1n) is 8.71. The number of aromatic nitrogens is 1. The van der Waals surface area contributed by atoms with E-state index in [0.29, 0.717) is 5.89 Å². The van der Waals surface area contributed by atoms with Crippen molar-refractivity contribution in [2.45, 2.75) is 37.5 Å². The number of para-hydroxylation sites is 2. The Morgan fingerprint density at radius 1 is 1.12 bits per heavy atom. The van der Waals surface area contributed by atoms with Crippen molar-refractivity contribution >= 4 is 11.1 Å². The summed E-state index contributed by atoms with van der Waals surface area (Å²) in [6.07, 6.45) is 5.16. The number of hydrogen-bond donors (Lipinski definition) is 0. The number of methoxy groups -OCH3 is 1. The topological polar surface area (TPSA) is 59.1 Å². The third-order valence-corrected chi connectivity index (χ3v) is 5.18. The van der Waals surface area contributed by atoms with Crippen molar-refractivity contribution in [3.63, 3.8) is 0 Å². The summed E-state index contributed by atoms with van der Waals surface area (Å²) >= 11 is 0. The number of oxazole rings is 1. The van der Waals surface area contributed by atoms with Crippen molar-refractivity contribution in [3.8, 4) is 23.3 Å². The van der Waals surface area contributed by atoms with Gasteiger partial charge in [-0.05, 0) is 37.1 Å². The van der Waals surface area contributed by atoms with E-state index in [0.717, 1.165) is 53.7 Å². The van der Waals surface area contributed by atoms with Crippen LogP contribution in [0.15, 0.2) is 46.9 Å². The molecule has 1 fully saturated rings. The number of nitrogens with zero attached hydrogens (tertiary/aromatic N) is 2. The SMILES string of the molecule is COc1cc(-c2nc3ccccc3o2)ccc1C1(C#N)CCCCC1. The summed E-state index contributed by atoms with van der Waals surface area (Å²) in [7, 11) is 1.66. The largest absolute Gasteiger partial charge is 0.496 e. The molecule has 3 aromatic rings. The molecule has 0 amide bonds. The summed E-state index contributed by atoms with van der Waals surface area (Å²) in [5, 5.41) is 9.86. The summed E-state index contributed by atoms with van der Waals surface area (Å²) in [6.45, 7) is 0. The zero-order chi connectivity index (χ0) is 17.3. The second-order valence-electron chi connectivity index (χ2n) is 6.66. The van der Waals surface area contributed by atoms with Gasteiger partial charge in [0.2, 0.25) is 5.89 Å². The van der Waals surface area contributed by atoms with Crippen molar-refractivity contribution in [1.29, 1.82) is 5.26 Å². The lowest BCUT2D eigenvalue weighted by atomic mass is 9.70. The quantitative estimate of drug-likeness (QED) is 0.659. The summed E-state index contributed by atoms with van der Waals surface area (Å²) in [4.78, 5) is 4.55. The van der Waals surface area contributed by atoms with Gasteiger partial charge >= 0.3 is 0 Å². The van der Waals surface area contributed by atoms with Gasteiger partial charge in [0.15, 0.2) is 5.58 Å². The van der Waals surface area contributed by atoms with Crippen LogP contribution in [0.1, 0.15) is 37.7 Å². The molecule has 25 heavy (non-hydrogen) atoms. The molecule has 0 spiro atoms. The average molecular weight is 332 g/mol. The van der Waals surface area contributed by atoms with Gasteiger partial charge < -0.3 is 9.15 Å². The van der Waals surface area contributed by atoms with Gasteiger partial charge in [-0.1, -0.05) is 37.5 Å². The van der Waals surface area contributed by atoms with Crippen LogP contribution >= 0.6 is 0 Å². The first-order valence-corrected chi connectivity index (χ1v) is 8.71. The van der Waals surface area contributed by atoms with Crippen LogP contribution in [0.25, 0.3) is 22.6 Å². The molecule has 4 nitrogen and oxygen atoms in total. The van der Waals surface area contributed by atoms with E-state index in [2.05, 4.69) is 11.1 Å². The molecule has 1 aliphatic carbocycles. The van der Waals surface area contributed by atoms with E-state index in [1.807, 2.05) is 42.5 Å². The molecule has 1 saturated carbocycles. The first kappa shape index (κ1) is 15.7. The Morgan fingerprint density at radius 2 is 1.92 bits per heavy atom. The highest BCUT2D eigenvalue weighted by Gasteiger charge is 2.36.